The maximum Gasteiger partial charge on any atom is 0.338 e. The minimum atomic E-state index is -1.09. The summed E-state index contributed by atoms with van der Waals surface area (Å²) in [6.45, 7) is 9.25. The van der Waals surface area contributed by atoms with E-state index in [9.17, 15) is 14.4 Å². The minimum Gasteiger partial charge on any atom is -0.448 e. The van der Waals surface area contributed by atoms with Gasteiger partial charge in [0.05, 0.1) is 5.56 Å². The number of hydrogen-bond acceptors (Lipinski definition) is 5. The minimum absolute atomic E-state index is 0.303. The lowest BCUT2D eigenvalue weighted by atomic mass is 10.1. The van der Waals surface area contributed by atoms with Crippen molar-refractivity contribution in [2.45, 2.75) is 33.8 Å². The van der Waals surface area contributed by atoms with Gasteiger partial charge in [0.2, 0.25) is 0 Å². The molecule has 3 N–H and O–H groups in total. The SMILES string of the molecule is CCN(CC)c1ccc(C(=O)O[C@@H](C(=O)NC(N)=O)C(C)C)cc1. The van der Waals surface area contributed by atoms with E-state index in [0.717, 1.165) is 18.8 Å². The Bertz CT molecular complexity index is 580. The zero-order chi connectivity index (χ0) is 18.3. The number of carbonyl (C=O) groups excluding carboxylic acids is 3. The average molecular weight is 335 g/mol. The van der Waals surface area contributed by atoms with Gasteiger partial charge in [-0.25, -0.2) is 9.59 Å². The molecule has 1 rings (SSSR count). The molecule has 0 saturated heterocycles. The summed E-state index contributed by atoms with van der Waals surface area (Å²) < 4.78 is 5.24. The average Bonchev–Trinajstić information content (AvgIpc) is 2.53. The second kappa shape index (κ2) is 8.90. The monoisotopic (exact) mass is 335 g/mol. The van der Waals surface area contributed by atoms with Crippen molar-refractivity contribution in [3.05, 3.63) is 29.8 Å². The van der Waals surface area contributed by atoms with Gasteiger partial charge in [0.25, 0.3) is 5.91 Å². The molecule has 0 unspecified atom stereocenters. The maximum atomic E-state index is 12.2. The molecule has 0 heterocycles. The third kappa shape index (κ3) is 5.26. The molecule has 7 heteroatoms. The highest BCUT2D eigenvalue weighted by molar-refractivity contribution is 5.98. The van der Waals surface area contributed by atoms with E-state index in [1.807, 2.05) is 17.4 Å². The number of nitrogens with one attached hydrogen (secondary N) is 1. The summed E-state index contributed by atoms with van der Waals surface area (Å²) in [5.74, 6) is -1.66. The van der Waals surface area contributed by atoms with E-state index < -0.39 is 24.0 Å². The molecule has 0 fully saturated rings. The number of hydrogen-bond donors (Lipinski definition) is 2. The highest BCUT2D eigenvalue weighted by Gasteiger charge is 2.27. The number of urea groups is 1. The molecule has 1 aromatic rings. The standard InChI is InChI=1S/C17H25N3O4/c1-5-20(6-2)13-9-7-12(8-10-13)16(22)24-14(11(3)4)15(21)19-17(18)23/h7-11,14H,5-6H2,1-4H3,(H3,18,19,21,23)/t14-/m1/s1. The molecule has 24 heavy (non-hydrogen) atoms. The zero-order valence-electron chi connectivity index (χ0n) is 14.5. The summed E-state index contributed by atoms with van der Waals surface area (Å²) in [6.07, 6.45) is -1.09. The molecule has 0 aromatic heterocycles. The maximum absolute atomic E-state index is 12.2. The lowest BCUT2D eigenvalue weighted by molar-refractivity contribution is -0.130. The number of benzene rings is 1. The van der Waals surface area contributed by atoms with Crippen molar-refractivity contribution in [2.75, 3.05) is 18.0 Å². The van der Waals surface area contributed by atoms with Crippen LogP contribution in [0.1, 0.15) is 38.1 Å². The van der Waals surface area contributed by atoms with Crippen molar-refractivity contribution in [1.29, 1.82) is 0 Å². The van der Waals surface area contributed by atoms with E-state index in [1.165, 1.54) is 0 Å². The molecule has 1 aromatic carbocycles. The number of primary amides is 1. The molecule has 7 nitrogen and oxygen atoms in total. The van der Waals surface area contributed by atoms with Gasteiger partial charge in [0.15, 0.2) is 6.10 Å². The zero-order valence-corrected chi connectivity index (χ0v) is 14.5. The predicted octanol–water partition coefficient (Wildman–Crippen LogP) is 1.91. The second-order valence-corrected chi connectivity index (χ2v) is 5.64. The molecule has 0 saturated carbocycles. The molecular weight excluding hydrogens is 310 g/mol. The number of imide groups is 1. The summed E-state index contributed by atoms with van der Waals surface area (Å²) in [5.41, 5.74) is 6.27. The van der Waals surface area contributed by atoms with Gasteiger partial charge in [-0.3, -0.25) is 10.1 Å². The van der Waals surface area contributed by atoms with Crippen molar-refractivity contribution in [3.8, 4) is 0 Å². The Balaban J connectivity index is 2.84. The van der Waals surface area contributed by atoms with Gasteiger partial charge in [0, 0.05) is 18.8 Å². The summed E-state index contributed by atoms with van der Waals surface area (Å²) in [4.78, 5) is 37.1. The van der Waals surface area contributed by atoms with Gasteiger partial charge in [0.1, 0.15) is 0 Å². The lowest BCUT2D eigenvalue weighted by Gasteiger charge is -2.22. The molecule has 0 bridgehead atoms. The van der Waals surface area contributed by atoms with Gasteiger partial charge in [-0.2, -0.15) is 0 Å². The van der Waals surface area contributed by atoms with Crippen LogP contribution in [0.5, 0.6) is 0 Å². The Morgan fingerprint density at radius 2 is 1.67 bits per heavy atom. The van der Waals surface area contributed by atoms with Crippen molar-refractivity contribution < 1.29 is 19.1 Å². The van der Waals surface area contributed by atoms with Crippen LogP contribution in [0.2, 0.25) is 0 Å². The van der Waals surface area contributed by atoms with E-state index >= 15 is 0 Å². The summed E-state index contributed by atoms with van der Waals surface area (Å²) >= 11 is 0. The Morgan fingerprint density at radius 1 is 1.12 bits per heavy atom. The number of ether oxygens (including phenoxy) is 1. The van der Waals surface area contributed by atoms with Crippen LogP contribution in [0.15, 0.2) is 24.3 Å². The Hall–Kier alpha value is -2.57. The summed E-state index contributed by atoms with van der Waals surface area (Å²) in [5, 5.41) is 1.94. The Labute approximate surface area is 142 Å². The van der Waals surface area contributed by atoms with E-state index in [-0.39, 0.29) is 5.92 Å². The first kappa shape index (κ1) is 19.5. The summed E-state index contributed by atoms with van der Waals surface area (Å²) in [6, 6.07) is 5.98. The Kier molecular flexibility index (Phi) is 7.23. The van der Waals surface area contributed by atoms with E-state index in [0.29, 0.717) is 5.56 Å². The molecule has 0 spiro atoms. The molecule has 132 valence electrons. The van der Waals surface area contributed by atoms with Crippen LogP contribution < -0.4 is 16.0 Å². The fourth-order valence-corrected chi connectivity index (χ4v) is 2.27. The molecule has 3 amide bonds. The van der Waals surface area contributed by atoms with Gasteiger partial charge in [-0.1, -0.05) is 13.8 Å². The highest BCUT2D eigenvalue weighted by Crippen LogP contribution is 2.17. The van der Waals surface area contributed by atoms with E-state index in [4.69, 9.17) is 10.5 Å². The first-order valence-corrected chi connectivity index (χ1v) is 7.96. The quantitative estimate of drug-likeness (QED) is 0.741. The topological polar surface area (TPSA) is 102 Å². The van der Waals surface area contributed by atoms with Crippen molar-refractivity contribution in [1.82, 2.24) is 5.32 Å². The molecule has 0 radical (unpaired) electrons. The molecule has 0 aliphatic heterocycles. The number of anilines is 1. The van der Waals surface area contributed by atoms with Crippen LogP contribution in [-0.2, 0) is 9.53 Å². The van der Waals surface area contributed by atoms with Gasteiger partial charge >= 0.3 is 12.0 Å². The number of amides is 3. The van der Waals surface area contributed by atoms with Crippen LogP contribution in [0, 0.1) is 5.92 Å². The smallest absolute Gasteiger partial charge is 0.338 e. The Morgan fingerprint density at radius 3 is 2.08 bits per heavy atom. The lowest BCUT2D eigenvalue weighted by Crippen LogP contribution is -2.45. The first-order chi connectivity index (χ1) is 11.3. The first-order valence-electron chi connectivity index (χ1n) is 7.96. The number of rotatable bonds is 7. The van der Waals surface area contributed by atoms with Gasteiger partial charge in [-0.05, 0) is 44.0 Å². The third-order valence-electron chi connectivity index (χ3n) is 3.58. The van der Waals surface area contributed by atoms with Crippen molar-refractivity contribution in [2.24, 2.45) is 11.7 Å². The second-order valence-electron chi connectivity index (χ2n) is 5.64. The molecule has 0 aliphatic rings. The van der Waals surface area contributed by atoms with Crippen molar-refractivity contribution >= 4 is 23.6 Å². The largest absolute Gasteiger partial charge is 0.448 e. The molecular formula is C17H25N3O4. The van der Waals surface area contributed by atoms with Gasteiger partial charge in [-0.15, -0.1) is 0 Å². The van der Waals surface area contributed by atoms with Crippen LogP contribution in [0.4, 0.5) is 10.5 Å². The van der Waals surface area contributed by atoms with Crippen molar-refractivity contribution in [3.63, 3.8) is 0 Å². The predicted molar refractivity (Wildman–Crippen MR) is 91.8 cm³/mol. The third-order valence-corrected chi connectivity index (χ3v) is 3.58. The van der Waals surface area contributed by atoms with Crippen LogP contribution >= 0.6 is 0 Å². The number of nitrogens with zero attached hydrogens (tertiary/aromatic N) is 1. The number of carbonyl (C=O) groups is 3. The molecule has 1 atom stereocenters. The fourth-order valence-electron chi connectivity index (χ4n) is 2.27. The highest BCUT2D eigenvalue weighted by atomic mass is 16.5. The fraction of sp³-hybridized carbons (Fsp3) is 0.471. The van der Waals surface area contributed by atoms with Crippen LogP contribution in [0.3, 0.4) is 0 Å². The normalized spacial score (nSPS) is 11.7. The van der Waals surface area contributed by atoms with E-state index in [1.54, 1.807) is 26.0 Å². The number of nitrogens with two attached hydrogens (primary N) is 1. The number of esters is 1. The van der Waals surface area contributed by atoms with Gasteiger partial charge < -0.3 is 15.4 Å². The van der Waals surface area contributed by atoms with Crippen LogP contribution in [0.25, 0.3) is 0 Å². The molecule has 0 aliphatic carbocycles. The van der Waals surface area contributed by atoms with E-state index in [2.05, 4.69) is 18.7 Å². The summed E-state index contributed by atoms with van der Waals surface area (Å²) in [7, 11) is 0. The van der Waals surface area contributed by atoms with Crippen LogP contribution in [-0.4, -0.2) is 37.1 Å².